The van der Waals surface area contributed by atoms with Crippen molar-refractivity contribution in [3.05, 3.63) is 24.5 Å². The molecule has 0 fully saturated rings. The second-order valence-electron chi connectivity index (χ2n) is 3.17. The number of alkyl halides is 1. The van der Waals surface area contributed by atoms with Crippen molar-refractivity contribution in [3.8, 4) is 11.5 Å². The highest BCUT2D eigenvalue weighted by atomic mass is 79.9. The molecule has 0 saturated carbocycles. The molecule has 0 unspecified atom stereocenters. The Labute approximate surface area is 95.8 Å². The molecule has 0 spiro atoms. The van der Waals surface area contributed by atoms with Gasteiger partial charge in [-0.15, -0.1) is 0 Å². The van der Waals surface area contributed by atoms with Gasteiger partial charge in [-0.05, 0) is 18.6 Å². The van der Waals surface area contributed by atoms with Crippen LogP contribution in [-0.4, -0.2) is 17.0 Å². The highest BCUT2D eigenvalue weighted by Gasteiger charge is 2.05. The summed E-state index contributed by atoms with van der Waals surface area (Å²) in [5, 5.41) is 11.0. The second-order valence-corrected chi connectivity index (χ2v) is 3.96. The summed E-state index contributed by atoms with van der Waals surface area (Å²) in [5.41, 5.74) is 0.642. The minimum Gasteiger partial charge on any atom is -0.504 e. The highest BCUT2D eigenvalue weighted by molar-refractivity contribution is 9.09. The third-order valence-electron chi connectivity index (χ3n) is 2.07. The molecule has 80 valence electrons. The lowest BCUT2D eigenvalue weighted by Gasteiger charge is -2.03. The molecule has 1 aromatic heterocycles. The van der Waals surface area contributed by atoms with Gasteiger partial charge in [0.1, 0.15) is 17.6 Å². The highest BCUT2D eigenvalue weighted by Crippen LogP contribution is 2.29. The standard InChI is InChI=1S/C11H11BrO3/c12-4-1-5-14-8-2-3-9-10(13)7-15-11(9)6-8/h2-3,6-7,13H,1,4-5H2. The molecule has 1 aromatic carbocycles. The van der Waals surface area contributed by atoms with Crippen molar-refractivity contribution in [1.29, 1.82) is 0 Å². The van der Waals surface area contributed by atoms with Crippen molar-refractivity contribution in [2.75, 3.05) is 11.9 Å². The van der Waals surface area contributed by atoms with Crippen LogP contribution in [-0.2, 0) is 0 Å². The maximum atomic E-state index is 9.38. The van der Waals surface area contributed by atoms with E-state index in [-0.39, 0.29) is 5.75 Å². The first kappa shape index (κ1) is 10.4. The molecule has 0 aliphatic heterocycles. The molecule has 0 bridgehead atoms. The van der Waals surface area contributed by atoms with E-state index in [9.17, 15) is 5.11 Å². The maximum absolute atomic E-state index is 9.38. The fourth-order valence-electron chi connectivity index (χ4n) is 1.33. The predicted octanol–water partition coefficient (Wildman–Crippen LogP) is 3.30. The summed E-state index contributed by atoms with van der Waals surface area (Å²) in [6.07, 6.45) is 2.29. The van der Waals surface area contributed by atoms with Crippen LogP contribution in [0.15, 0.2) is 28.9 Å². The smallest absolute Gasteiger partial charge is 0.161 e. The van der Waals surface area contributed by atoms with Crippen LogP contribution in [0.25, 0.3) is 11.0 Å². The first-order chi connectivity index (χ1) is 7.31. The summed E-state index contributed by atoms with van der Waals surface area (Å²) in [6.45, 7) is 0.670. The van der Waals surface area contributed by atoms with Crippen molar-refractivity contribution in [2.24, 2.45) is 0 Å². The number of aromatic hydroxyl groups is 1. The Balaban J connectivity index is 2.16. The summed E-state index contributed by atoms with van der Waals surface area (Å²) in [5.74, 6) is 0.926. The van der Waals surface area contributed by atoms with Crippen molar-refractivity contribution >= 4 is 26.9 Å². The molecule has 0 amide bonds. The summed E-state index contributed by atoms with van der Waals surface area (Å²) in [7, 11) is 0. The average Bonchev–Trinajstić information content (AvgIpc) is 2.61. The summed E-state index contributed by atoms with van der Waals surface area (Å²) in [6, 6.07) is 5.40. The Morgan fingerprint density at radius 3 is 3.07 bits per heavy atom. The van der Waals surface area contributed by atoms with E-state index in [1.807, 2.05) is 6.07 Å². The lowest BCUT2D eigenvalue weighted by molar-refractivity contribution is 0.319. The largest absolute Gasteiger partial charge is 0.504 e. The minimum atomic E-state index is 0.164. The van der Waals surface area contributed by atoms with Gasteiger partial charge in [-0.25, -0.2) is 0 Å². The molecule has 0 aliphatic rings. The quantitative estimate of drug-likeness (QED) is 0.685. The molecule has 3 nitrogen and oxygen atoms in total. The zero-order valence-corrected chi connectivity index (χ0v) is 9.66. The van der Waals surface area contributed by atoms with E-state index >= 15 is 0 Å². The van der Waals surface area contributed by atoms with Crippen LogP contribution in [0, 0.1) is 0 Å². The van der Waals surface area contributed by atoms with Gasteiger partial charge in [0, 0.05) is 11.4 Å². The SMILES string of the molecule is Oc1coc2cc(OCCCBr)ccc12. The molecule has 1 N–H and O–H groups in total. The Morgan fingerprint density at radius 1 is 1.40 bits per heavy atom. The fourth-order valence-corrected chi connectivity index (χ4v) is 1.56. The average molecular weight is 271 g/mol. The summed E-state index contributed by atoms with van der Waals surface area (Å²) in [4.78, 5) is 0. The third kappa shape index (κ3) is 2.26. The fraction of sp³-hybridized carbons (Fsp3) is 0.273. The maximum Gasteiger partial charge on any atom is 0.161 e. The number of fused-ring (bicyclic) bond motifs is 1. The zero-order valence-electron chi connectivity index (χ0n) is 8.07. The number of hydrogen-bond donors (Lipinski definition) is 1. The van der Waals surface area contributed by atoms with E-state index in [4.69, 9.17) is 9.15 Å². The molecular weight excluding hydrogens is 260 g/mol. The van der Waals surface area contributed by atoms with Gasteiger partial charge >= 0.3 is 0 Å². The number of rotatable bonds is 4. The van der Waals surface area contributed by atoms with E-state index in [0.29, 0.717) is 17.6 Å². The first-order valence-electron chi connectivity index (χ1n) is 4.70. The minimum absolute atomic E-state index is 0.164. The third-order valence-corrected chi connectivity index (χ3v) is 2.63. The van der Waals surface area contributed by atoms with Gasteiger partial charge in [0.25, 0.3) is 0 Å². The van der Waals surface area contributed by atoms with Gasteiger partial charge in [-0.2, -0.15) is 0 Å². The van der Waals surface area contributed by atoms with Crippen LogP contribution in [0.5, 0.6) is 11.5 Å². The van der Waals surface area contributed by atoms with Crippen LogP contribution >= 0.6 is 15.9 Å². The number of furan rings is 1. The molecule has 2 rings (SSSR count). The monoisotopic (exact) mass is 270 g/mol. The number of benzene rings is 1. The van der Waals surface area contributed by atoms with Crippen LogP contribution in [0.4, 0.5) is 0 Å². The van der Waals surface area contributed by atoms with Gasteiger partial charge in [0.2, 0.25) is 0 Å². The summed E-state index contributed by atoms with van der Waals surface area (Å²) < 4.78 is 10.6. The van der Waals surface area contributed by atoms with Gasteiger partial charge in [-0.3, -0.25) is 0 Å². The van der Waals surface area contributed by atoms with Gasteiger partial charge in [-0.1, -0.05) is 15.9 Å². The molecule has 4 heteroatoms. The molecule has 0 saturated heterocycles. The summed E-state index contributed by atoms with van der Waals surface area (Å²) >= 11 is 3.33. The lowest BCUT2D eigenvalue weighted by atomic mass is 10.2. The van der Waals surface area contributed by atoms with E-state index in [0.717, 1.165) is 17.5 Å². The predicted molar refractivity (Wildman–Crippen MR) is 61.8 cm³/mol. The van der Waals surface area contributed by atoms with Crippen LogP contribution in [0.3, 0.4) is 0 Å². The van der Waals surface area contributed by atoms with E-state index < -0.39 is 0 Å². The van der Waals surface area contributed by atoms with Crippen LogP contribution in [0.1, 0.15) is 6.42 Å². The Kier molecular flexibility index (Phi) is 3.16. The van der Waals surface area contributed by atoms with Crippen molar-refractivity contribution in [1.82, 2.24) is 0 Å². The van der Waals surface area contributed by atoms with Gasteiger partial charge in [0.05, 0.1) is 12.0 Å². The molecule has 0 radical (unpaired) electrons. The second kappa shape index (κ2) is 4.57. The lowest BCUT2D eigenvalue weighted by Crippen LogP contribution is -1.97. The molecule has 0 aliphatic carbocycles. The molecule has 15 heavy (non-hydrogen) atoms. The van der Waals surface area contributed by atoms with Crippen molar-refractivity contribution in [2.45, 2.75) is 6.42 Å². The molecule has 2 aromatic rings. The van der Waals surface area contributed by atoms with E-state index in [2.05, 4.69) is 15.9 Å². The van der Waals surface area contributed by atoms with Crippen molar-refractivity contribution in [3.63, 3.8) is 0 Å². The number of halogens is 1. The Bertz CT molecular complexity index is 450. The zero-order chi connectivity index (χ0) is 10.7. The van der Waals surface area contributed by atoms with Crippen LogP contribution < -0.4 is 4.74 Å². The molecule has 1 heterocycles. The van der Waals surface area contributed by atoms with E-state index in [1.54, 1.807) is 12.1 Å². The molecule has 0 atom stereocenters. The number of hydrogen-bond acceptors (Lipinski definition) is 3. The normalized spacial score (nSPS) is 10.7. The Hall–Kier alpha value is -1.16. The molecular formula is C11H11BrO3. The first-order valence-corrected chi connectivity index (χ1v) is 5.82. The topological polar surface area (TPSA) is 42.6 Å². The van der Waals surface area contributed by atoms with Crippen molar-refractivity contribution < 1.29 is 14.3 Å². The number of ether oxygens (including phenoxy) is 1. The van der Waals surface area contributed by atoms with E-state index in [1.165, 1.54) is 6.26 Å². The van der Waals surface area contributed by atoms with Gasteiger partial charge < -0.3 is 14.3 Å². The van der Waals surface area contributed by atoms with Crippen LogP contribution in [0.2, 0.25) is 0 Å². The van der Waals surface area contributed by atoms with Gasteiger partial charge in [0.15, 0.2) is 5.75 Å². The Morgan fingerprint density at radius 2 is 2.27 bits per heavy atom.